The van der Waals surface area contributed by atoms with Crippen LogP contribution in [0, 0.1) is 0 Å². The summed E-state index contributed by atoms with van der Waals surface area (Å²) in [5.74, 6) is 0.625. The SMILES string of the molecule is CCCCN1C(N2CCNCC2)=NC2C1C(=O)NC(=O)N2C. The van der Waals surface area contributed by atoms with Gasteiger partial charge in [-0.1, -0.05) is 13.3 Å². The summed E-state index contributed by atoms with van der Waals surface area (Å²) in [6, 6.07) is -0.772. The van der Waals surface area contributed by atoms with E-state index in [4.69, 9.17) is 4.99 Å². The van der Waals surface area contributed by atoms with Gasteiger partial charge in [0.2, 0.25) is 0 Å². The van der Waals surface area contributed by atoms with E-state index in [9.17, 15) is 9.59 Å². The van der Waals surface area contributed by atoms with E-state index in [1.54, 1.807) is 7.05 Å². The third-order valence-electron chi connectivity index (χ3n) is 4.49. The van der Waals surface area contributed by atoms with Crippen molar-refractivity contribution in [2.24, 2.45) is 4.99 Å². The van der Waals surface area contributed by atoms with Crippen molar-refractivity contribution in [1.29, 1.82) is 0 Å². The highest BCUT2D eigenvalue weighted by atomic mass is 16.2. The van der Waals surface area contributed by atoms with Gasteiger partial charge in [-0.25, -0.2) is 9.79 Å². The number of urea groups is 1. The maximum absolute atomic E-state index is 12.3. The molecular formula is C14H24N6O2. The summed E-state index contributed by atoms with van der Waals surface area (Å²) in [4.78, 5) is 34.7. The van der Waals surface area contributed by atoms with Crippen molar-refractivity contribution in [3.05, 3.63) is 0 Å². The molecule has 3 rings (SSSR count). The first-order valence-corrected chi connectivity index (χ1v) is 8.01. The average Bonchev–Trinajstić information content (AvgIpc) is 2.91. The number of fused-ring (bicyclic) bond motifs is 1. The van der Waals surface area contributed by atoms with Crippen LogP contribution >= 0.6 is 0 Å². The van der Waals surface area contributed by atoms with Gasteiger partial charge in [-0.3, -0.25) is 10.1 Å². The zero-order valence-electron chi connectivity index (χ0n) is 13.2. The van der Waals surface area contributed by atoms with Gasteiger partial charge in [0.1, 0.15) is 0 Å². The number of hydrogen-bond acceptors (Lipinski definition) is 6. The Labute approximate surface area is 130 Å². The van der Waals surface area contributed by atoms with Gasteiger partial charge in [0.05, 0.1) is 0 Å². The topological polar surface area (TPSA) is 80.3 Å². The molecular weight excluding hydrogens is 284 g/mol. The molecule has 0 saturated carbocycles. The molecule has 8 heteroatoms. The van der Waals surface area contributed by atoms with Crippen molar-refractivity contribution < 1.29 is 9.59 Å². The van der Waals surface area contributed by atoms with E-state index in [2.05, 4.69) is 27.4 Å². The van der Waals surface area contributed by atoms with Crippen LogP contribution in [-0.4, -0.2) is 84.6 Å². The number of piperazine rings is 1. The molecule has 8 nitrogen and oxygen atoms in total. The molecule has 2 unspecified atom stereocenters. The molecule has 2 N–H and O–H groups in total. The van der Waals surface area contributed by atoms with Crippen LogP contribution in [0.15, 0.2) is 4.99 Å². The number of carbonyl (C=O) groups excluding carboxylic acids is 2. The standard InChI is InChI=1S/C14H24N6O2/c1-3-4-7-20-10-11(18(2)14(22)17-12(10)21)16-13(20)19-8-5-15-6-9-19/h10-11,15H,3-9H2,1-2H3,(H,17,21,22). The Morgan fingerprint density at radius 2 is 2.00 bits per heavy atom. The zero-order valence-corrected chi connectivity index (χ0v) is 13.2. The number of likely N-dealkylation sites (N-methyl/N-ethyl adjacent to an activating group) is 1. The van der Waals surface area contributed by atoms with Crippen molar-refractivity contribution in [2.45, 2.75) is 32.0 Å². The summed E-state index contributed by atoms with van der Waals surface area (Å²) in [6.07, 6.45) is 1.64. The number of aliphatic imine (C=N–C) groups is 1. The highest BCUT2D eigenvalue weighted by molar-refractivity contribution is 6.03. The van der Waals surface area contributed by atoms with E-state index < -0.39 is 12.2 Å². The van der Waals surface area contributed by atoms with Crippen molar-refractivity contribution in [2.75, 3.05) is 39.8 Å². The Morgan fingerprint density at radius 1 is 1.27 bits per heavy atom. The second kappa shape index (κ2) is 6.12. The minimum Gasteiger partial charge on any atom is -0.340 e. The fourth-order valence-electron chi connectivity index (χ4n) is 3.21. The van der Waals surface area contributed by atoms with Crippen molar-refractivity contribution in [3.8, 4) is 0 Å². The molecule has 0 aromatic carbocycles. The number of unbranched alkanes of at least 4 members (excludes halogenated alkanes) is 1. The Bertz CT molecular complexity index is 488. The highest BCUT2D eigenvalue weighted by Gasteiger charge is 2.49. The molecule has 0 aromatic rings. The van der Waals surface area contributed by atoms with E-state index in [1.165, 1.54) is 4.90 Å². The minimum absolute atomic E-state index is 0.238. The van der Waals surface area contributed by atoms with Gasteiger partial charge in [0.15, 0.2) is 18.2 Å². The first kappa shape index (κ1) is 15.1. The largest absolute Gasteiger partial charge is 0.340 e. The van der Waals surface area contributed by atoms with Gasteiger partial charge < -0.3 is 20.0 Å². The second-order valence-corrected chi connectivity index (χ2v) is 5.98. The summed E-state index contributed by atoms with van der Waals surface area (Å²) in [5, 5.41) is 5.76. The smallest absolute Gasteiger partial charge is 0.325 e. The molecule has 2 atom stereocenters. The van der Waals surface area contributed by atoms with Crippen LogP contribution < -0.4 is 10.6 Å². The Kier molecular flexibility index (Phi) is 4.19. The molecule has 0 aliphatic carbocycles. The predicted molar refractivity (Wildman–Crippen MR) is 82.4 cm³/mol. The maximum atomic E-state index is 12.3. The maximum Gasteiger partial charge on any atom is 0.325 e. The highest BCUT2D eigenvalue weighted by Crippen LogP contribution is 2.25. The number of nitrogens with zero attached hydrogens (tertiary/aromatic N) is 4. The van der Waals surface area contributed by atoms with E-state index in [0.717, 1.165) is 51.5 Å². The molecule has 0 bridgehead atoms. The first-order chi connectivity index (χ1) is 10.6. The lowest BCUT2D eigenvalue weighted by Crippen LogP contribution is -2.64. The number of imide groups is 1. The third kappa shape index (κ3) is 2.51. The second-order valence-electron chi connectivity index (χ2n) is 5.98. The number of guanidine groups is 1. The van der Waals surface area contributed by atoms with E-state index in [0.29, 0.717) is 0 Å². The minimum atomic E-state index is -0.414. The molecule has 3 heterocycles. The number of amides is 3. The van der Waals surface area contributed by atoms with Gasteiger partial charge in [0.25, 0.3) is 5.91 Å². The lowest BCUT2D eigenvalue weighted by atomic mass is 10.1. The van der Waals surface area contributed by atoms with Crippen LogP contribution in [0.1, 0.15) is 19.8 Å². The summed E-state index contributed by atoms with van der Waals surface area (Å²) in [5.41, 5.74) is 0. The molecule has 0 radical (unpaired) electrons. The molecule has 22 heavy (non-hydrogen) atoms. The number of nitrogens with one attached hydrogen (secondary N) is 2. The lowest BCUT2D eigenvalue weighted by molar-refractivity contribution is -0.127. The van der Waals surface area contributed by atoms with Gasteiger partial charge in [-0.05, 0) is 6.42 Å². The molecule has 0 spiro atoms. The Morgan fingerprint density at radius 3 is 2.68 bits per heavy atom. The molecule has 2 saturated heterocycles. The van der Waals surface area contributed by atoms with Crippen molar-refractivity contribution in [3.63, 3.8) is 0 Å². The average molecular weight is 308 g/mol. The monoisotopic (exact) mass is 308 g/mol. The Balaban J connectivity index is 1.87. The van der Waals surface area contributed by atoms with Gasteiger partial charge in [-0.15, -0.1) is 0 Å². The first-order valence-electron chi connectivity index (χ1n) is 8.01. The van der Waals surface area contributed by atoms with Crippen molar-refractivity contribution in [1.82, 2.24) is 25.3 Å². The van der Waals surface area contributed by atoms with Crippen LogP contribution in [0.5, 0.6) is 0 Å². The molecule has 2 fully saturated rings. The van der Waals surface area contributed by atoms with Crippen molar-refractivity contribution >= 4 is 17.9 Å². The fourth-order valence-corrected chi connectivity index (χ4v) is 3.21. The lowest BCUT2D eigenvalue weighted by Gasteiger charge is -2.38. The number of rotatable bonds is 3. The van der Waals surface area contributed by atoms with Crippen LogP contribution in [-0.2, 0) is 4.79 Å². The third-order valence-corrected chi connectivity index (χ3v) is 4.49. The molecule has 0 aromatic heterocycles. The number of hydrogen-bond donors (Lipinski definition) is 2. The quantitative estimate of drug-likeness (QED) is 0.716. The van der Waals surface area contributed by atoms with Crippen LogP contribution in [0.4, 0.5) is 4.79 Å². The van der Waals surface area contributed by atoms with E-state index in [1.807, 2.05) is 0 Å². The van der Waals surface area contributed by atoms with E-state index in [-0.39, 0.29) is 11.9 Å². The summed E-state index contributed by atoms with van der Waals surface area (Å²) >= 11 is 0. The summed E-state index contributed by atoms with van der Waals surface area (Å²) in [7, 11) is 1.70. The molecule has 3 aliphatic rings. The van der Waals surface area contributed by atoms with Crippen LogP contribution in [0.3, 0.4) is 0 Å². The fraction of sp³-hybridized carbons (Fsp3) is 0.786. The van der Waals surface area contributed by atoms with Crippen LogP contribution in [0.2, 0.25) is 0 Å². The van der Waals surface area contributed by atoms with Gasteiger partial charge >= 0.3 is 6.03 Å². The van der Waals surface area contributed by atoms with E-state index >= 15 is 0 Å². The van der Waals surface area contributed by atoms with Gasteiger partial charge in [0, 0.05) is 39.8 Å². The predicted octanol–water partition coefficient (Wildman–Crippen LogP) is -0.760. The Hall–Kier alpha value is -1.83. The summed E-state index contributed by atoms with van der Waals surface area (Å²) < 4.78 is 0. The zero-order chi connectivity index (χ0) is 15.7. The summed E-state index contributed by atoms with van der Waals surface area (Å²) in [6.45, 7) is 6.50. The van der Waals surface area contributed by atoms with Gasteiger partial charge in [-0.2, -0.15) is 0 Å². The number of carbonyl (C=O) groups is 2. The van der Waals surface area contributed by atoms with Crippen LogP contribution in [0.25, 0.3) is 0 Å². The molecule has 122 valence electrons. The normalized spacial score (nSPS) is 28.6. The molecule has 3 amide bonds. The molecule has 3 aliphatic heterocycles.